The summed E-state index contributed by atoms with van der Waals surface area (Å²) in [7, 11) is 0. The molecule has 5 nitrogen and oxygen atoms in total. The van der Waals surface area contributed by atoms with E-state index < -0.39 is 0 Å². The third-order valence-corrected chi connectivity index (χ3v) is 2.44. The molecule has 0 radical (unpaired) electrons. The highest BCUT2D eigenvalue weighted by Gasteiger charge is 2.11. The molecule has 0 spiro atoms. The van der Waals surface area contributed by atoms with Crippen molar-refractivity contribution in [2.45, 2.75) is 26.2 Å². The van der Waals surface area contributed by atoms with Crippen molar-refractivity contribution in [1.82, 2.24) is 10.2 Å². The van der Waals surface area contributed by atoms with Gasteiger partial charge in [-0.1, -0.05) is 0 Å². The predicted octanol–water partition coefficient (Wildman–Crippen LogP) is 0.541. The molecule has 1 amide bonds. The number of likely N-dealkylation sites (tertiary alicyclic amines) is 1. The molecule has 0 saturated carbocycles. The summed E-state index contributed by atoms with van der Waals surface area (Å²) in [5, 5.41) is 2.68. The first-order valence-electron chi connectivity index (χ1n) is 5.55. The van der Waals surface area contributed by atoms with Gasteiger partial charge in [-0.15, -0.1) is 24.0 Å². The molecular formula is C10H21IN4O. The second kappa shape index (κ2) is 8.60. The topological polar surface area (TPSA) is 70.7 Å². The fraction of sp³-hybridized carbons (Fsp3) is 0.800. The molecule has 1 rings (SSSR count). The highest BCUT2D eigenvalue weighted by Crippen LogP contribution is 2.07. The van der Waals surface area contributed by atoms with Gasteiger partial charge in [0.25, 0.3) is 0 Å². The summed E-state index contributed by atoms with van der Waals surface area (Å²) in [4.78, 5) is 17.3. The molecule has 1 heterocycles. The number of piperidine rings is 1. The van der Waals surface area contributed by atoms with Crippen LogP contribution in [0.5, 0.6) is 0 Å². The van der Waals surface area contributed by atoms with Gasteiger partial charge in [0.2, 0.25) is 5.91 Å². The Hall–Kier alpha value is -0.530. The number of likely N-dealkylation sites (N-methyl/N-ethyl adjacent to an activating group) is 1. The number of nitrogens with zero attached hydrogens (tertiary/aromatic N) is 2. The number of amides is 1. The first kappa shape index (κ1) is 15.5. The monoisotopic (exact) mass is 340 g/mol. The van der Waals surface area contributed by atoms with Gasteiger partial charge in [-0.3, -0.25) is 4.79 Å². The quantitative estimate of drug-likeness (QED) is 0.448. The molecule has 16 heavy (non-hydrogen) atoms. The maximum absolute atomic E-state index is 11.1. The fourth-order valence-corrected chi connectivity index (χ4v) is 1.63. The van der Waals surface area contributed by atoms with Crippen molar-refractivity contribution in [2.75, 3.05) is 26.2 Å². The lowest BCUT2D eigenvalue weighted by molar-refractivity contribution is -0.119. The molecule has 0 aliphatic carbocycles. The van der Waals surface area contributed by atoms with E-state index in [1.807, 2.05) is 11.8 Å². The number of carbonyl (C=O) groups is 1. The summed E-state index contributed by atoms with van der Waals surface area (Å²) in [6, 6.07) is 0. The van der Waals surface area contributed by atoms with Crippen molar-refractivity contribution < 1.29 is 4.79 Å². The molecule has 3 N–H and O–H groups in total. The smallest absolute Gasteiger partial charge is 0.241 e. The van der Waals surface area contributed by atoms with E-state index in [0.717, 1.165) is 25.9 Å². The summed E-state index contributed by atoms with van der Waals surface area (Å²) in [5.41, 5.74) is 5.79. The van der Waals surface area contributed by atoms with Crippen LogP contribution in [0.4, 0.5) is 0 Å². The Labute approximate surface area is 114 Å². The van der Waals surface area contributed by atoms with Crippen LogP contribution in [0.1, 0.15) is 26.2 Å². The maximum atomic E-state index is 11.1. The van der Waals surface area contributed by atoms with Gasteiger partial charge >= 0.3 is 0 Å². The Morgan fingerprint density at radius 3 is 2.56 bits per heavy atom. The number of aliphatic imine (C=N–C) groups is 1. The Morgan fingerprint density at radius 1 is 1.38 bits per heavy atom. The minimum Gasteiger partial charge on any atom is -0.370 e. The van der Waals surface area contributed by atoms with Crippen LogP contribution in [0.25, 0.3) is 0 Å². The third-order valence-electron chi connectivity index (χ3n) is 2.44. The van der Waals surface area contributed by atoms with Gasteiger partial charge in [0.1, 0.15) is 6.54 Å². The molecule has 0 atom stereocenters. The van der Waals surface area contributed by atoms with Crippen molar-refractivity contribution in [2.24, 2.45) is 10.7 Å². The van der Waals surface area contributed by atoms with Gasteiger partial charge in [0.05, 0.1) is 0 Å². The van der Waals surface area contributed by atoms with E-state index in [1.165, 1.54) is 6.42 Å². The lowest BCUT2D eigenvalue weighted by atomic mass is 10.1. The van der Waals surface area contributed by atoms with Crippen LogP contribution < -0.4 is 11.1 Å². The molecule has 1 aliphatic heterocycles. The predicted molar refractivity (Wildman–Crippen MR) is 76.0 cm³/mol. The normalized spacial score (nSPS) is 16.6. The average molecular weight is 340 g/mol. The van der Waals surface area contributed by atoms with E-state index in [-0.39, 0.29) is 36.4 Å². The van der Waals surface area contributed by atoms with Crippen molar-refractivity contribution in [1.29, 1.82) is 0 Å². The number of nitrogens with one attached hydrogen (secondary N) is 1. The number of guanidine groups is 1. The van der Waals surface area contributed by atoms with Gasteiger partial charge in [-0.05, 0) is 26.2 Å². The summed E-state index contributed by atoms with van der Waals surface area (Å²) >= 11 is 0. The lowest BCUT2D eigenvalue weighted by Crippen LogP contribution is -2.41. The maximum Gasteiger partial charge on any atom is 0.241 e. The zero-order valence-corrected chi connectivity index (χ0v) is 12.1. The number of hydrogen-bond donors (Lipinski definition) is 2. The molecule has 0 aromatic rings. The largest absolute Gasteiger partial charge is 0.370 e. The number of carbonyl (C=O) groups excluding carboxylic acids is 1. The van der Waals surface area contributed by atoms with Crippen molar-refractivity contribution in [3.63, 3.8) is 0 Å². The number of hydrogen-bond acceptors (Lipinski definition) is 2. The Balaban J connectivity index is 0.00000225. The molecule has 94 valence electrons. The molecule has 0 bridgehead atoms. The minimum absolute atomic E-state index is 0. The number of halogens is 1. The summed E-state index contributed by atoms with van der Waals surface area (Å²) in [6.45, 7) is 4.58. The van der Waals surface area contributed by atoms with Gasteiger partial charge in [0.15, 0.2) is 5.96 Å². The molecule has 1 aliphatic rings. The standard InChI is InChI=1S/C10H20N4O.HI/c1-2-12-9(15)8-13-10(11)14-6-4-3-5-7-14;/h2-8H2,1H3,(H2,11,13)(H,12,15);1H. The van der Waals surface area contributed by atoms with Crippen LogP contribution in [0.3, 0.4) is 0 Å². The van der Waals surface area contributed by atoms with E-state index in [0.29, 0.717) is 12.5 Å². The summed E-state index contributed by atoms with van der Waals surface area (Å²) < 4.78 is 0. The van der Waals surface area contributed by atoms with Crippen molar-refractivity contribution in [3.8, 4) is 0 Å². The van der Waals surface area contributed by atoms with Crippen LogP contribution in [-0.4, -0.2) is 42.9 Å². The van der Waals surface area contributed by atoms with Crippen LogP contribution >= 0.6 is 24.0 Å². The molecule has 0 aromatic carbocycles. The first-order chi connectivity index (χ1) is 7.24. The fourth-order valence-electron chi connectivity index (χ4n) is 1.63. The van der Waals surface area contributed by atoms with E-state index in [2.05, 4.69) is 10.3 Å². The third kappa shape index (κ3) is 5.53. The number of rotatable bonds is 3. The lowest BCUT2D eigenvalue weighted by Gasteiger charge is -2.27. The van der Waals surface area contributed by atoms with Crippen molar-refractivity contribution in [3.05, 3.63) is 0 Å². The summed E-state index contributed by atoms with van der Waals surface area (Å²) in [5.74, 6) is 0.429. The Bertz CT molecular complexity index is 239. The zero-order chi connectivity index (χ0) is 11.1. The van der Waals surface area contributed by atoms with Gasteiger partial charge in [-0.2, -0.15) is 0 Å². The zero-order valence-electron chi connectivity index (χ0n) is 9.74. The average Bonchev–Trinajstić information content (AvgIpc) is 2.27. The second-order valence-electron chi connectivity index (χ2n) is 3.68. The van der Waals surface area contributed by atoms with Gasteiger partial charge in [0, 0.05) is 19.6 Å². The SMILES string of the molecule is CCNC(=O)CN=C(N)N1CCCCC1.I. The first-order valence-corrected chi connectivity index (χ1v) is 5.55. The minimum atomic E-state index is -0.0718. The molecule has 0 unspecified atom stereocenters. The van der Waals surface area contributed by atoms with E-state index in [1.54, 1.807) is 0 Å². The van der Waals surface area contributed by atoms with E-state index in [4.69, 9.17) is 5.73 Å². The highest BCUT2D eigenvalue weighted by molar-refractivity contribution is 14.0. The molecular weight excluding hydrogens is 319 g/mol. The second-order valence-corrected chi connectivity index (χ2v) is 3.68. The molecule has 6 heteroatoms. The van der Waals surface area contributed by atoms with Gasteiger partial charge in [-0.25, -0.2) is 4.99 Å². The van der Waals surface area contributed by atoms with Gasteiger partial charge < -0.3 is 16.0 Å². The number of nitrogens with two attached hydrogens (primary N) is 1. The Kier molecular flexibility index (Phi) is 8.32. The Morgan fingerprint density at radius 2 is 2.00 bits per heavy atom. The van der Waals surface area contributed by atoms with Crippen LogP contribution in [0.2, 0.25) is 0 Å². The molecule has 0 aromatic heterocycles. The molecule has 1 fully saturated rings. The van der Waals surface area contributed by atoms with Crippen LogP contribution in [0.15, 0.2) is 4.99 Å². The highest BCUT2D eigenvalue weighted by atomic mass is 127. The van der Waals surface area contributed by atoms with Crippen LogP contribution in [-0.2, 0) is 4.79 Å². The van der Waals surface area contributed by atoms with Crippen LogP contribution in [0, 0.1) is 0 Å². The van der Waals surface area contributed by atoms with E-state index in [9.17, 15) is 4.79 Å². The molecule has 1 saturated heterocycles. The van der Waals surface area contributed by atoms with Crippen molar-refractivity contribution >= 4 is 35.8 Å². The van der Waals surface area contributed by atoms with E-state index >= 15 is 0 Å². The summed E-state index contributed by atoms with van der Waals surface area (Å²) in [6.07, 6.45) is 3.59.